The number of rotatable bonds is 0. The van der Waals surface area contributed by atoms with Crippen LogP contribution in [0.1, 0.15) is 0 Å². The maximum absolute atomic E-state index is 8.97. The number of nitrogens with zero attached hydrogens (tertiary/aromatic N) is 2. The lowest BCUT2D eigenvalue weighted by Crippen LogP contribution is -2.34. The van der Waals surface area contributed by atoms with Gasteiger partial charge in [0.1, 0.15) is 6.23 Å². The molecule has 1 N–H and O–H groups in total. The first-order valence-electron chi connectivity index (χ1n) is 2.54. The Bertz CT molecular complexity index is 101. The van der Waals surface area contributed by atoms with Crippen molar-refractivity contribution >= 4 is 0 Å². The number of hydrazine groups is 1. The first kappa shape index (κ1) is 5.59. The van der Waals surface area contributed by atoms with Gasteiger partial charge >= 0.3 is 0 Å². The number of hydrogen-bond acceptors (Lipinski definition) is 3. The summed E-state index contributed by atoms with van der Waals surface area (Å²) in [6.07, 6.45) is 3.12. The largest absolute Gasteiger partial charge is 0.373 e. The highest BCUT2D eigenvalue weighted by Crippen LogP contribution is 2.06. The fourth-order valence-corrected chi connectivity index (χ4v) is 0.618. The minimum absolute atomic E-state index is 0.431. The molecule has 0 saturated carbocycles. The molecule has 0 fully saturated rings. The van der Waals surface area contributed by atoms with Gasteiger partial charge < -0.3 is 10.1 Å². The molecular formula is C5H10N2O. The van der Waals surface area contributed by atoms with E-state index < -0.39 is 6.23 Å². The van der Waals surface area contributed by atoms with Crippen molar-refractivity contribution in [3.05, 3.63) is 12.3 Å². The standard InChI is InChI=1S/C5H10N2O/c1-6-4-3-5(8)7(6)2/h3-5,8H,1-2H3. The molecule has 0 saturated heterocycles. The molecule has 1 heterocycles. The van der Waals surface area contributed by atoms with E-state index in [1.807, 2.05) is 25.3 Å². The maximum Gasteiger partial charge on any atom is 0.144 e. The average molecular weight is 114 g/mol. The summed E-state index contributed by atoms with van der Waals surface area (Å²) in [5, 5.41) is 12.5. The maximum atomic E-state index is 8.97. The predicted octanol–water partition coefficient (Wildman–Crippen LogP) is -0.389. The summed E-state index contributed by atoms with van der Waals surface area (Å²) < 4.78 is 0. The van der Waals surface area contributed by atoms with Gasteiger partial charge in [-0.15, -0.1) is 0 Å². The van der Waals surface area contributed by atoms with Gasteiger partial charge in [-0.2, -0.15) is 5.01 Å². The molecule has 0 aromatic heterocycles. The molecule has 1 aliphatic rings. The van der Waals surface area contributed by atoms with Crippen molar-refractivity contribution in [1.82, 2.24) is 10.0 Å². The van der Waals surface area contributed by atoms with Crippen molar-refractivity contribution in [2.75, 3.05) is 14.1 Å². The Morgan fingerprint density at radius 2 is 2.12 bits per heavy atom. The Kier molecular flexibility index (Phi) is 1.23. The van der Waals surface area contributed by atoms with Gasteiger partial charge in [-0.3, -0.25) is 0 Å². The van der Waals surface area contributed by atoms with E-state index in [1.165, 1.54) is 0 Å². The van der Waals surface area contributed by atoms with Crippen molar-refractivity contribution in [3.63, 3.8) is 0 Å². The minimum Gasteiger partial charge on any atom is -0.373 e. The zero-order valence-corrected chi connectivity index (χ0v) is 5.07. The summed E-state index contributed by atoms with van der Waals surface area (Å²) >= 11 is 0. The lowest BCUT2D eigenvalue weighted by molar-refractivity contribution is -0.0333. The molecule has 1 rings (SSSR count). The van der Waals surface area contributed by atoms with Crippen LogP contribution in [-0.4, -0.2) is 35.4 Å². The average Bonchev–Trinajstić information content (AvgIpc) is 1.98. The van der Waals surface area contributed by atoms with Crippen LogP contribution in [0.25, 0.3) is 0 Å². The lowest BCUT2D eigenvalue weighted by Gasteiger charge is -2.22. The Hall–Kier alpha value is -0.540. The van der Waals surface area contributed by atoms with Crippen LogP contribution in [0.4, 0.5) is 0 Å². The second kappa shape index (κ2) is 1.76. The molecule has 46 valence electrons. The van der Waals surface area contributed by atoms with Crippen molar-refractivity contribution in [2.45, 2.75) is 6.23 Å². The topological polar surface area (TPSA) is 26.7 Å². The third kappa shape index (κ3) is 0.700. The van der Waals surface area contributed by atoms with E-state index in [-0.39, 0.29) is 0 Å². The molecule has 0 amide bonds. The fourth-order valence-electron chi connectivity index (χ4n) is 0.618. The lowest BCUT2D eigenvalue weighted by atomic mass is 10.6. The van der Waals surface area contributed by atoms with E-state index >= 15 is 0 Å². The van der Waals surface area contributed by atoms with Gasteiger partial charge in [0.15, 0.2) is 0 Å². The molecule has 1 unspecified atom stereocenters. The smallest absolute Gasteiger partial charge is 0.144 e. The van der Waals surface area contributed by atoms with Gasteiger partial charge in [0.25, 0.3) is 0 Å². The van der Waals surface area contributed by atoms with Gasteiger partial charge in [-0.05, 0) is 6.08 Å². The van der Waals surface area contributed by atoms with Crippen molar-refractivity contribution < 1.29 is 5.11 Å². The molecule has 0 aromatic carbocycles. The van der Waals surface area contributed by atoms with Gasteiger partial charge in [0.2, 0.25) is 0 Å². The van der Waals surface area contributed by atoms with Gasteiger partial charge in [0, 0.05) is 20.3 Å². The molecule has 0 bridgehead atoms. The second-order valence-electron chi connectivity index (χ2n) is 1.90. The van der Waals surface area contributed by atoms with Crippen LogP contribution >= 0.6 is 0 Å². The molecule has 0 spiro atoms. The zero-order valence-electron chi connectivity index (χ0n) is 5.07. The van der Waals surface area contributed by atoms with E-state index in [1.54, 1.807) is 11.1 Å². The summed E-state index contributed by atoms with van der Waals surface area (Å²) in [5.41, 5.74) is 0. The highest BCUT2D eigenvalue weighted by molar-refractivity contribution is 4.92. The molecular weight excluding hydrogens is 104 g/mol. The Balaban J connectivity index is 2.55. The summed E-state index contributed by atoms with van der Waals surface area (Å²) in [6, 6.07) is 0. The quantitative estimate of drug-likeness (QED) is 0.464. The van der Waals surface area contributed by atoms with Crippen LogP contribution in [0.5, 0.6) is 0 Å². The Labute approximate surface area is 48.8 Å². The summed E-state index contributed by atoms with van der Waals surface area (Å²) in [5.74, 6) is 0. The van der Waals surface area contributed by atoms with Crippen LogP contribution in [0.2, 0.25) is 0 Å². The highest BCUT2D eigenvalue weighted by Gasteiger charge is 2.15. The first-order chi connectivity index (χ1) is 3.72. The monoisotopic (exact) mass is 114 g/mol. The van der Waals surface area contributed by atoms with E-state index in [0.717, 1.165) is 0 Å². The normalized spacial score (nSPS) is 29.9. The van der Waals surface area contributed by atoms with Crippen molar-refractivity contribution in [1.29, 1.82) is 0 Å². The van der Waals surface area contributed by atoms with Crippen LogP contribution < -0.4 is 0 Å². The first-order valence-corrected chi connectivity index (χ1v) is 2.54. The molecule has 1 atom stereocenters. The third-order valence-electron chi connectivity index (χ3n) is 1.35. The predicted molar refractivity (Wildman–Crippen MR) is 30.7 cm³/mol. The fraction of sp³-hybridized carbons (Fsp3) is 0.600. The molecule has 8 heavy (non-hydrogen) atoms. The van der Waals surface area contributed by atoms with E-state index in [0.29, 0.717) is 0 Å². The molecule has 3 heteroatoms. The second-order valence-corrected chi connectivity index (χ2v) is 1.90. The molecule has 0 aliphatic carbocycles. The summed E-state index contributed by atoms with van der Waals surface area (Å²) in [6.45, 7) is 0. The Morgan fingerprint density at radius 1 is 1.50 bits per heavy atom. The van der Waals surface area contributed by atoms with Crippen LogP contribution in [0, 0.1) is 0 Å². The highest BCUT2D eigenvalue weighted by atomic mass is 16.3. The molecule has 3 nitrogen and oxygen atoms in total. The van der Waals surface area contributed by atoms with E-state index in [9.17, 15) is 0 Å². The van der Waals surface area contributed by atoms with Crippen LogP contribution in [0.3, 0.4) is 0 Å². The third-order valence-corrected chi connectivity index (χ3v) is 1.35. The summed E-state index contributed by atoms with van der Waals surface area (Å²) in [7, 11) is 3.71. The van der Waals surface area contributed by atoms with Crippen LogP contribution in [-0.2, 0) is 0 Å². The molecule has 0 aromatic rings. The Morgan fingerprint density at radius 3 is 2.25 bits per heavy atom. The molecule has 0 radical (unpaired) electrons. The zero-order chi connectivity index (χ0) is 6.15. The molecule has 1 aliphatic heterocycles. The minimum atomic E-state index is -0.431. The summed E-state index contributed by atoms with van der Waals surface area (Å²) in [4.78, 5) is 0. The van der Waals surface area contributed by atoms with E-state index in [4.69, 9.17) is 5.11 Å². The number of likely N-dealkylation sites (N-methyl/N-ethyl adjacent to an activating group) is 1. The van der Waals surface area contributed by atoms with Crippen molar-refractivity contribution in [2.24, 2.45) is 0 Å². The van der Waals surface area contributed by atoms with Gasteiger partial charge in [-0.25, -0.2) is 0 Å². The SMILES string of the molecule is CN1C=CC(O)N1C. The number of aliphatic hydroxyl groups is 1. The number of hydrogen-bond donors (Lipinski definition) is 1. The van der Waals surface area contributed by atoms with Crippen molar-refractivity contribution in [3.8, 4) is 0 Å². The van der Waals surface area contributed by atoms with Crippen LogP contribution in [0.15, 0.2) is 12.3 Å². The number of aliphatic hydroxyl groups excluding tert-OH is 1. The van der Waals surface area contributed by atoms with Gasteiger partial charge in [-0.1, -0.05) is 0 Å². The van der Waals surface area contributed by atoms with Gasteiger partial charge in [0.05, 0.1) is 0 Å². The van der Waals surface area contributed by atoms with E-state index in [2.05, 4.69) is 0 Å².